The predicted molar refractivity (Wildman–Crippen MR) is 75.7 cm³/mol. The van der Waals surface area contributed by atoms with E-state index in [-0.39, 0.29) is 11.8 Å². The molecule has 19 heavy (non-hydrogen) atoms. The number of rotatable bonds is 5. The Morgan fingerprint density at radius 2 is 1.84 bits per heavy atom. The summed E-state index contributed by atoms with van der Waals surface area (Å²) in [5.41, 5.74) is -0.487. The van der Waals surface area contributed by atoms with Gasteiger partial charge in [-0.3, -0.25) is 9.59 Å². The molecule has 1 aliphatic rings. The van der Waals surface area contributed by atoms with E-state index in [0.717, 1.165) is 39.0 Å². The predicted octanol–water partition coefficient (Wildman–Crippen LogP) is 0.749. The molecule has 0 saturated carbocycles. The van der Waals surface area contributed by atoms with Crippen molar-refractivity contribution in [2.24, 2.45) is 5.92 Å². The summed E-state index contributed by atoms with van der Waals surface area (Å²) in [5, 5.41) is 6.08. The van der Waals surface area contributed by atoms with Crippen LogP contribution < -0.4 is 10.6 Å². The normalized spacial score (nSPS) is 17.4. The van der Waals surface area contributed by atoms with Crippen LogP contribution in [0.25, 0.3) is 0 Å². The third kappa shape index (κ3) is 4.82. The number of nitrogens with one attached hydrogen (secondary N) is 2. The van der Waals surface area contributed by atoms with Crippen LogP contribution in [0.3, 0.4) is 0 Å². The molecule has 0 unspecified atom stereocenters. The highest BCUT2D eigenvalue weighted by atomic mass is 16.2. The van der Waals surface area contributed by atoms with Gasteiger partial charge in [-0.05, 0) is 39.2 Å². The van der Waals surface area contributed by atoms with Gasteiger partial charge in [0.05, 0.1) is 5.54 Å². The average Bonchev–Trinajstić information content (AvgIpc) is 2.36. The lowest BCUT2D eigenvalue weighted by atomic mass is 9.94. The second-order valence-corrected chi connectivity index (χ2v) is 5.83. The molecule has 2 amide bonds. The quantitative estimate of drug-likeness (QED) is 0.774. The summed E-state index contributed by atoms with van der Waals surface area (Å²) in [6.45, 7) is 10.5. The van der Waals surface area contributed by atoms with Crippen molar-refractivity contribution in [1.82, 2.24) is 15.5 Å². The number of carbonyl (C=O) groups excluding carboxylic acids is 2. The summed E-state index contributed by atoms with van der Waals surface area (Å²) in [7, 11) is 0. The van der Waals surface area contributed by atoms with Gasteiger partial charge in [0, 0.05) is 26.6 Å². The molecule has 1 aliphatic heterocycles. The summed E-state index contributed by atoms with van der Waals surface area (Å²) in [6.07, 6.45) is 1.93. The first-order chi connectivity index (χ1) is 8.86. The number of hydrogen-bond donors (Lipinski definition) is 2. The fraction of sp³-hybridized carbons (Fsp3) is 0.857. The van der Waals surface area contributed by atoms with E-state index >= 15 is 0 Å². The van der Waals surface area contributed by atoms with Gasteiger partial charge in [0.2, 0.25) is 11.8 Å². The summed E-state index contributed by atoms with van der Waals surface area (Å²) < 4.78 is 0. The molecule has 0 aromatic rings. The van der Waals surface area contributed by atoms with E-state index in [4.69, 9.17) is 0 Å². The molecule has 0 spiro atoms. The molecular weight excluding hydrogens is 242 g/mol. The summed E-state index contributed by atoms with van der Waals surface area (Å²) in [4.78, 5) is 25.2. The standard InChI is InChI=1S/C14H27N3O2/c1-5-16-14(3,4)13(19)17-8-6-12(7-9-17)10-15-11(2)18/h12,16H,5-10H2,1-4H3,(H,15,18). The molecule has 110 valence electrons. The van der Waals surface area contributed by atoms with Crippen LogP contribution in [-0.2, 0) is 9.59 Å². The van der Waals surface area contributed by atoms with E-state index in [0.29, 0.717) is 5.92 Å². The van der Waals surface area contributed by atoms with Crippen molar-refractivity contribution in [1.29, 1.82) is 0 Å². The maximum atomic E-state index is 12.4. The molecule has 5 nitrogen and oxygen atoms in total. The van der Waals surface area contributed by atoms with Crippen LogP contribution in [0.2, 0.25) is 0 Å². The van der Waals surface area contributed by atoms with Gasteiger partial charge in [-0.25, -0.2) is 0 Å². The Kier molecular flexibility index (Phi) is 5.79. The van der Waals surface area contributed by atoms with E-state index in [1.807, 2.05) is 25.7 Å². The number of hydrogen-bond acceptors (Lipinski definition) is 3. The third-order valence-corrected chi connectivity index (χ3v) is 3.69. The van der Waals surface area contributed by atoms with Crippen molar-refractivity contribution in [2.75, 3.05) is 26.2 Å². The largest absolute Gasteiger partial charge is 0.356 e. The Morgan fingerprint density at radius 1 is 1.26 bits per heavy atom. The van der Waals surface area contributed by atoms with Crippen LogP contribution in [-0.4, -0.2) is 48.4 Å². The lowest BCUT2D eigenvalue weighted by Gasteiger charge is -2.37. The van der Waals surface area contributed by atoms with E-state index in [1.54, 1.807) is 0 Å². The average molecular weight is 269 g/mol. The number of likely N-dealkylation sites (N-methyl/N-ethyl adjacent to an activating group) is 1. The highest BCUT2D eigenvalue weighted by Crippen LogP contribution is 2.19. The van der Waals surface area contributed by atoms with Gasteiger partial charge in [-0.2, -0.15) is 0 Å². The van der Waals surface area contributed by atoms with Gasteiger partial charge in [-0.1, -0.05) is 6.92 Å². The Morgan fingerprint density at radius 3 is 2.32 bits per heavy atom. The monoisotopic (exact) mass is 269 g/mol. The number of carbonyl (C=O) groups is 2. The number of nitrogens with zero attached hydrogens (tertiary/aromatic N) is 1. The lowest BCUT2D eigenvalue weighted by Crippen LogP contribution is -2.55. The molecule has 1 saturated heterocycles. The maximum Gasteiger partial charge on any atom is 0.242 e. The molecule has 5 heteroatoms. The van der Waals surface area contributed by atoms with Gasteiger partial charge in [-0.15, -0.1) is 0 Å². The first-order valence-corrected chi connectivity index (χ1v) is 7.15. The maximum absolute atomic E-state index is 12.4. The van der Waals surface area contributed by atoms with Gasteiger partial charge in [0.25, 0.3) is 0 Å². The second-order valence-electron chi connectivity index (χ2n) is 5.83. The van der Waals surface area contributed by atoms with Crippen LogP contribution in [0.15, 0.2) is 0 Å². The summed E-state index contributed by atoms with van der Waals surface area (Å²) >= 11 is 0. The second kappa shape index (κ2) is 6.89. The van der Waals surface area contributed by atoms with Crippen molar-refractivity contribution in [3.05, 3.63) is 0 Å². The van der Waals surface area contributed by atoms with Gasteiger partial charge in [0.15, 0.2) is 0 Å². The third-order valence-electron chi connectivity index (χ3n) is 3.69. The van der Waals surface area contributed by atoms with Crippen molar-refractivity contribution in [2.45, 2.75) is 46.1 Å². The Balaban J connectivity index is 2.41. The van der Waals surface area contributed by atoms with Gasteiger partial charge in [0.1, 0.15) is 0 Å². The van der Waals surface area contributed by atoms with Crippen LogP contribution in [0.4, 0.5) is 0 Å². The summed E-state index contributed by atoms with van der Waals surface area (Å²) in [6, 6.07) is 0. The first-order valence-electron chi connectivity index (χ1n) is 7.15. The number of likely N-dealkylation sites (tertiary alicyclic amines) is 1. The molecule has 1 heterocycles. The van der Waals surface area contributed by atoms with Crippen LogP contribution >= 0.6 is 0 Å². The molecule has 0 radical (unpaired) electrons. The molecule has 0 atom stereocenters. The van der Waals surface area contributed by atoms with Crippen molar-refractivity contribution in [3.63, 3.8) is 0 Å². The fourth-order valence-corrected chi connectivity index (χ4v) is 2.54. The van der Waals surface area contributed by atoms with Gasteiger partial charge < -0.3 is 15.5 Å². The number of amides is 2. The molecule has 0 aliphatic carbocycles. The SMILES string of the molecule is CCNC(C)(C)C(=O)N1CCC(CNC(C)=O)CC1. The van der Waals surface area contributed by atoms with E-state index in [2.05, 4.69) is 10.6 Å². The molecule has 1 rings (SSSR count). The van der Waals surface area contributed by atoms with Crippen molar-refractivity contribution in [3.8, 4) is 0 Å². The molecule has 0 aromatic carbocycles. The molecular formula is C14H27N3O2. The van der Waals surface area contributed by atoms with Gasteiger partial charge >= 0.3 is 0 Å². The molecule has 2 N–H and O–H groups in total. The van der Waals surface area contributed by atoms with Crippen LogP contribution in [0.1, 0.15) is 40.5 Å². The topological polar surface area (TPSA) is 61.4 Å². The Bertz CT molecular complexity index is 321. The minimum absolute atomic E-state index is 0.0202. The number of piperidine rings is 1. The summed E-state index contributed by atoms with van der Waals surface area (Å²) in [5.74, 6) is 0.689. The highest BCUT2D eigenvalue weighted by molar-refractivity contribution is 5.85. The fourth-order valence-electron chi connectivity index (χ4n) is 2.54. The van der Waals surface area contributed by atoms with E-state index in [1.165, 1.54) is 6.92 Å². The zero-order valence-corrected chi connectivity index (χ0v) is 12.6. The van der Waals surface area contributed by atoms with Crippen LogP contribution in [0, 0.1) is 5.92 Å². The minimum atomic E-state index is -0.487. The molecule has 0 aromatic heterocycles. The highest BCUT2D eigenvalue weighted by Gasteiger charge is 2.33. The molecule has 0 bridgehead atoms. The Hall–Kier alpha value is -1.10. The van der Waals surface area contributed by atoms with E-state index in [9.17, 15) is 9.59 Å². The lowest BCUT2D eigenvalue weighted by molar-refractivity contribution is -0.138. The van der Waals surface area contributed by atoms with Crippen molar-refractivity contribution >= 4 is 11.8 Å². The minimum Gasteiger partial charge on any atom is -0.356 e. The smallest absolute Gasteiger partial charge is 0.242 e. The Labute approximate surface area is 116 Å². The zero-order chi connectivity index (χ0) is 14.5. The van der Waals surface area contributed by atoms with Crippen molar-refractivity contribution < 1.29 is 9.59 Å². The first kappa shape index (κ1) is 16.0. The molecule has 1 fully saturated rings. The van der Waals surface area contributed by atoms with Crippen LogP contribution in [0.5, 0.6) is 0 Å². The zero-order valence-electron chi connectivity index (χ0n) is 12.6. The van der Waals surface area contributed by atoms with E-state index < -0.39 is 5.54 Å².